The Morgan fingerprint density at radius 2 is 1.00 bits per heavy atom. The van der Waals surface area contributed by atoms with Crippen molar-refractivity contribution in [2.45, 2.75) is 62.4 Å². The van der Waals surface area contributed by atoms with Gasteiger partial charge in [-0.3, -0.25) is 0 Å². The fourth-order valence-electron chi connectivity index (χ4n) is 10.1. The average Bonchev–Trinajstić information content (AvgIpc) is 3.92. The smallest absolute Gasteiger partial charge is 1.00 e. The summed E-state index contributed by atoms with van der Waals surface area (Å²) in [7, 11) is 0. The first-order valence-corrected chi connectivity index (χ1v) is 26.4. The van der Waals surface area contributed by atoms with Crippen molar-refractivity contribution in [2.24, 2.45) is 0 Å². The second-order valence-corrected chi connectivity index (χ2v) is 26.1. The topological polar surface area (TPSA) is 0 Å². The molecule has 0 saturated heterocycles. The van der Waals surface area contributed by atoms with Gasteiger partial charge in [0.05, 0.1) is 0 Å². The quantitative estimate of drug-likeness (QED) is 0.156. The summed E-state index contributed by atoms with van der Waals surface area (Å²) in [5, 5.41) is 6.22. The summed E-state index contributed by atoms with van der Waals surface area (Å²) in [5.74, 6) is 0. The molecule has 10 rings (SSSR count). The van der Waals surface area contributed by atoms with E-state index in [2.05, 4.69) is 218 Å². The molecule has 0 heterocycles. The second-order valence-electron chi connectivity index (χ2n) is 19.1. The molecule has 0 bridgehead atoms. The summed E-state index contributed by atoms with van der Waals surface area (Å²) >= 11 is 11.1. The predicted molar refractivity (Wildman–Crippen MR) is 266 cm³/mol. The molecule has 0 atom stereocenters. The van der Waals surface area contributed by atoms with Crippen LogP contribution in [0.25, 0.3) is 54.9 Å². The number of hydrogen-bond donors (Lipinski definition) is 0. The zero-order valence-electron chi connectivity index (χ0n) is 37.0. The van der Waals surface area contributed by atoms with Crippen LogP contribution in [0.3, 0.4) is 0 Å². The maximum atomic E-state index is 7.25. The standard InChI is InChI=1S/C33H33.C21H12Cl2.C5H5.2ClH.Zr/c1-32(2,3)30-20-26-24(18-28(30)22-13-9-7-10-14-22)17-25-19-29(23-15-11-8-12-16-23)31(21-27(25)26)33(4,5)6;22-18-10-14-5-1-3-7-20(14)16(12-18)9-17-13-19(23)11-15-6-2-4-8-21(15)17;1-2-4-5-3-1;;;/h7-16,18,20-21H,17H2,1-6H3;1-8,10-13H;1-5H;2*1H;/q;;;;;+2/p-2. The number of halogens is 4. The number of fused-ring (bicyclic) bond motifs is 5. The predicted octanol–water partition coefficient (Wildman–Crippen LogP) is 10.2. The number of allylic oxidation sites excluding steroid dienone is 4. The van der Waals surface area contributed by atoms with Crippen molar-refractivity contribution in [3.63, 3.8) is 0 Å². The van der Waals surface area contributed by atoms with Crippen molar-refractivity contribution in [1.82, 2.24) is 0 Å². The van der Waals surface area contributed by atoms with E-state index in [0.717, 1.165) is 27.2 Å². The van der Waals surface area contributed by atoms with Crippen LogP contribution in [0.4, 0.5) is 0 Å². The SMILES string of the molecule is CC(C)(C)c1cc2c(cc1-c1ccccc1)Cc1c-2cc(C(C)(C)C)c(-c2ccccc2)[c]1[Zr+2](=[C](c1cc(Cl)cc2ccccc12)c1cc(Cl)cc2ccccc12)[CH]1C=CC=C1.[Cl-].[Cl-]. The van der Waals surface area contributed by atoms with E-state index >= 15 is 0 Å². The van der Waals surface area contributed by atoms with Gasteiger partial charge in [0.25, 0.3) is 0 Å². The average molecular weight is 992 g/mol. The Morgan fingerprint density at radius 3 is 1.53 bits per heavy atom. The third-order valence-electron chi connectivity index (χ3n) is 12.9. The van der Waals surface area contributed by atoms with Crippen LogP contribution in [0.1, 0.15) is 74.9 Å². The molecule has 0 nitrogen and oxygen atoms in total. The molecule has 0 spiro atoms. The molecule has 0 aliphatic heterocycles. The molecule has 2 aliphatic carbocycles. The van der Waals surface area contributed by atoms with Gasteiger partial charge in [0.1, 0.15) is 0 Å². The first kappa shape index (κ1) is 46.2. The zero-order valence-corrected chi connectivity index (χ0v) is 42.5. The van der Waals surface area contributed by atoms with Gasteiger partial charge in [0.2, 0.25) is 0 Å². The third-order valence-corrected chi connectivity index (χ3v) is 21.3. The maximum Gasteiger partial charge on any atom is -1.00 e. The monoisotopic (exact) mass is 988 g/mol. The number of hydrogen-bond acceptors (Lipinski definition) is 0. The van der Waals surface area contributed by atoms with Crippen LogP contribution in [0.15, 0.2) is 176 Å². The molecule has 0 N–H and O–H groups in total. The van der Waals surface area contributed by atoms with E-state index in [0.29, 0.717) is 0 Å². The molecule has 0 saturated carbocycles. The van der Waals surface area contributed by atoms with Gasteiger partial charge in [0, 0.05) is 0 Å². The van der Waals surface area contributed by atoms with Crippen molar-refractivity contribution < 1.29 is 46.1 Å². The Hall–Kier alpha value is -4.33. The summed E-state index contributed by atoms with van der Waals surface area (Å²) in [5.41, 5.74) is 15.9. The van der Waals surface area contributed by atoms with Crippen molar-refractivity contribution >= 4 is 51.2 Å². The molecule has 5 heteroatoms. The maximum absolute atomic E-state index is 7.25. The van der Waals surface area contributed by atoms with E-state index in [9.17, 15) is 0 Å². The molecular formula is C59H50Cl4Zr. The molecule has 0 amide bonds. The van der Waals surface area contributed by atoms with Gasteiger partial charge in [-0.2, -0.15) is 0 Å². The van der Waals surface area contributed by atoms with E-state index in [1.165, 1.54) is 80.7 Å². The van der Waals surface area contributed by atoms with Gasteiger partial charge < -0.3 is 24.8 Å². The first-order valence-electron chi connectivity index (χ1n) is 21.8. The molecule has 318 valence electrons. The van der Waals surface area contributed by atoms with E-state index < -0.39 is 21.3 Å². The van der Waals surface area contributed by atoms with Crippen LogP contribution >= 0.6 is 23.2 Å². The largest absolute Gasteiger partial charge is 1.00 e. The Balaban J connectivity index is 0.00000280. The van der Waals surface area contributed by atoms with Crippen molar-refractivity contribution in [3.05, 3.63) is 219 Å². The minimum absolute atomic E-state index is 0. The molecule has 0 unspecified atom stereocenters. The Bertz CT molecular complexity index is 3080. The van der Waals surface area contributed by atoms with Gasteiger partial charge in [-0.25, -0.2) is 0 Å². The van der Waals surface area contributed by atoms with Crippen LogP contribution < -0.4 is 28.1 Å². The second kappa shape index (κ2) is 18.2. The molecule has 8 aromatic carbocycles. The van der Waals surface area contributed by atoms with Crippen LogP contribution in [0, 0.1) is 0 Å². The number of rotatable bonds is 6. The van der Waals surface area contributed by atoms with E-state index in [1.807, 2.05) is 0 Å². The van der Waals surface area contributed by atoms with Gasteiger partial charge >= 0.3 is 388 Å². The third kappa shape index (κ3) is 8.38. The normalized spacial score (nSPS) is 13.0. The first-order chi connectivity index (χ1) is 29.8. The summed E-state index contributed by atoms with van der Waals surface area (Å²) in [6, 6.07) is 56.3. The molecule has 8 aromatic rings. The molecule has 0 fully saturated rings. The van der Waals surface area contributed by atoms with Gasteiger partial charge in [0.15, 0.2) is 0 Å². The van der Waals surface area contributed by atoms with E-state index in [4.69, 9.17) is 23.2 Å². The summed E-state index contributed by atoms with van der Waals surface area (Å²) in [4.78, 5) is 0. The van der Waals surface area contributed by atoms with Crippen LogP contribution in [0.2, 0.25) is 13.7 Å². The molecule has 64 heavy (non-hydrogen) atoms. The van der Waals surface area contributed by atoms with Crippen molar-refractivity contribution in [1.29, 1.82) is 0 Å². The van der Waals surface area contributed by atoms with Gasteiger partial charge in [-0.05, 0) is 0 Å². The van der Waals surface area contributed by atoms with Crippen molar-refractivity contribution in [2.75, 3.05) is 0 Å². The van der Waals surface area contributed by atoms with Crippen LogP contribution in [-0.4, -0.2) is 3.21 Å². The summed E-state index contributed by atoms with van der Waals surface area (Å²) in [6.45, 7) is 14.3. The van der Waals surface area contributed by atoms with Crippen LogP contribution in [0.5, 0.6) is 0 Å². The summed E-state index contributed by atoms with van der Waals surface area (Å²) < 4.78 is 3.23. The minimum atomic E-state index is -3.41. The molecule has 0 aromatic heterocycles. The van der Waals surface area contributed by atoms with Gasteiger partial charge in [-0.15, -0.1) is 0 Å². The van der Waals surface area contributed by atoms with Crippen molar-refractivity contribution in [3.8, 4) is 33.4 Å². The van der Waals surface area contributed by atoms with Crippen LogP contribution in [-0.2, 0) is 38.5 Å². The molecule has 2 aliphatic rings. The molecule has 0 radical (unpaired) electrons. The Morgan fingerprint density at radius 1 is 0.516 bits per heavy atom. The Labute approximate surface area is 409 Å². The molecular weight excluding hydrogens is 942 g/mol. The van der Waals surface area contributed by atoms with E-state index in [1.54, 1.807) is 3.27 Å². The Kier molecular flexibility index (Phi) is 13.1. The van der Waals surface area contributed by atoms with Gasteiger partial charge in [-0.1, -0.05) is 0 Å². The fraction of sp³-hybridized carbons (Fsp3) is 0.169. The number of benzene rings is 8. The zero-order chi connectivity index (χ0) is 42.9. The minimum Gasteiger partial charge on any atom is -1.00 e. The fourth-order valence-corrected chi connectivity index (χ4v) is 19.5. The summed E-state index contributed by atoms with van der Waals surface area (Å²) in [6.07, 6.45) is 10.4. The van der Waals surface area contributed by atoms with E-state index in [-0.39, 0.29) is 39.3 Å².